The van der Waals surface area contributed by atoms with Crippen molar-refractivity contribution < 1.29 is 18.4 Å². The maximum Gasteiger partial charge on any atom is 0.230 e. The van der Waals surface area contributed by atoms with Gasteiger partial charge in [-0.25, -0.2) is 13.8 Å². The highest BCUT2D eigenvalue weighted by Gasteiger charge is 2.24. The maximum absolute atomic E-state index is 13.1. The van der Waals surface area contributed by atoms with Crippen LogP contribution in [0.2, 0.25) is 0 Å². The van der Waals surface area contributed by atoms with Crippen LogP contribution in [-0.4, -0.2) is 23.3 Å². The number of carbonyl (C=O) groups is 2. The number of hydrogen-bond donors (Lipinski definition) is 1. The Balaban J connectivity index is 1.63. The van der Waals surface area contributed by atoms with Crippen LogP contribution in [-0.2, 0) is 16.0 Å². The average Bonchev–Trinajstić information content (AvgIpc) is 3.11. The fourth-order valence-electron chi connectivity index (χ4n) is 2.30. The second kappa shape index (κ2) is 6.41. The first-order valence-corrected chi connectivity index (χ1v) is 7.90. The Hall–Kier alpha value is -2.35. The molecule has 0 atom stereocenters. The number of nitrogens with zero attached hydrogens (tertiary/aromatic N) is 2. The molecule has 1 aliphatic rings. The van der Waals surface area contributed by atoms with Gasteiger partial charge in [-0.15, -0.1) is 11.3 Å². The number of hydrogen-bond acceptors (Lipinski definition) is 4. The Bertz CT molecular complexity index is 763. The van der Waals surface area contributed by atoms with Crippen molar-refractivity contribution >= 4 is 34.0 Å². The number of carbonyl (C=O) groups excluding carboxylic acids is 2. The second-order valence-electron chi connectivity index (χ2n) is 5.12. The van der Waals surface area contributed by atoms with E-state index in [1.54, 1.807) is 10.3 Å². The number of benzene rings is 1. The van der Waals surface area contributed by atoms with Gasteiger partial charge in [0.15, 0.2) is 16.8 Å². The molecular formula is C15H13F2N3O2S. The van der Waals surface area contributed by atoms with Crippen molar-refractivity contribution in [3.63, 3.8) is 0 Å². The van der Waals surface area contributed by atoms with Crippen LogP contribution in [0.25, 0.3) is 0 Å². The third kappa shape index (κ3) is 3.53. The van der Waals surface area contributed by atoms with Gasteiger partial charge in [0.1, 0.15) is 0 Å². The summed E-state index contributed by atoms with van der Waals surface area (Å²) in [4.78, 5) is 29.5. The minimum absolute atomic E-state index is 0.00245. The van der Waals surface area contributed by atoms with Gasteiger partial charge in [0.25, 0.3) is 0 Å². The summed E-state index contributed by atoms with van der Waals surface area (Å²) < 4.78 is 25.9. The molecule has 1 aromatic carbocycles. The minimum Gasteiger partial charge on any atom is -0.326 e. The summed E-state index contributed by atoms with van der Waals surface area (Å²) in [5.74, 6) is -2.34. The Morgan fingerprint density at radius 2 is 2.17 bits per heavy atom. The summed E-state index contributed by atoms with van der Waals surface area (Å²) in [5, 5.41) is 4.78. The third-order valence-corrected chi connectivity index (χ3v) is 4.30. The van der Waals surface area contributed by atoms with Gasteiger partial charge in [-0.1, -0.05) is 0 Å². The molecule has 0 radical (unpaired) electrons. The molecule has 2 aromatic rings. The molecule has 1 aromatic heterocycles. The van der Waals surface area contributed by atoms with Crippen LogP contribution in [0.4, 0.5) is 19.6 Å². The van der Waals surface area contributed by atoms with Gasteiger partial charge in [-0.05, 0) is 18.6 Å². The van der Waals surface area contributed by atoms with Gasteiger partial charge in [-0.3, -0.25) is 14.5 Å². The maximum atomic E-state index is 13.1. The van der Waals surface area contributed by atoms with E-state index in [2.05, 4.69) is 10.3 Å². The monoisotopic (exact) mass is 337 g/mol. The molecule has 1 N–H and O–H groups in total. The highest BCUT2D eigenvalue weighted by Crippen LogP contribution is 2.25. The van der Waals surface area contributed by atoms with Crippen molar-refractivity contribution in [2.75, 3.05) is 16.8 Å². The lowest BCUT2D eigenvalue weighted by Crippen LogP contribution is -2.23. The van der Waals surface area contributed by atoms with Crippen molar-refractivity contribution in [2.24, 2.45) is 0 Å². The summed E-state index contributed by atoms with van der Waals surface area (Å²) in [7, 11) is 0. The Morgan fingerprint density at radius 3 is 2.87 bits per heavy atom. The van der Waals surface area contributed by atoms with Crippen LogP contribution in [0, 0.1) is 11.6 Å². The quantitative estimate of drug-likeness (QED) is 0.933. The number of anilines is 2. The molecular weight excluding hydrogens is 324 g/mol. The first-order valence-electron chi connectivity index (χ1n) is 7.02. The van der Waals surface area contributed by atoms with Gasteiger partial charge in [0.05, 0.1) is 12.1 Å². The lowest BCUT2D eigenvalue weighted by molar-refractivity contribution is -0.117. The van der Waals surface area contributed by atoms with E-state index in [4.69, 9.17) is 0 Å². The molecule has 0 unspecified atom stereocenters. The minimum atomic E-state index is -1.02. The Kier molecular flexibility index (Phi) is 4.33. The molecule has 0 spiro atoms. The summed E-state index contributed by atoms with van der Waals surface area (Å²) in [6, 6.07) is 3.15. The highest BCUT2D eigenvalue weighted by atomic mass is 32.1. The van der Waals surface area contributed by atoms with Crippen LogP contribution in [0.3, 0.4) is 0 Å². The molecule has 0 saturated carbocycles. The fourth-order valence-corrected chi connectivity index (χ4v) is 3.16. The van der Waals surface area contributed by atoms with E-state index in [0.717, 1.165) is 18.6 Å². The molecule has 1 fully saturated rings. The van der Waals surface area contributed by atoms with E-state index in [1.807, 2.05) is 0 Å². The molecule has 23 heavy (non-hydrogen) atoms. The third-order valence-electron chi connectivity index (χ3n) is 3.39. The summed E-state index contributed by atoms with van der Waals surface area (Å²) in [6.07, 6.45) is 1.33. The van der Waals surface area contributed by atoms with E-state index in [9.17, 15) is 18.4 Å². The predicted molar refractivity (Wildman–Crippen MR) is 82.4 cm³/mol. The summed E-state index contributed by atoms with van der Waals surface area (Å²) in [6.45, 7) is 0.646. The van der Waals surface area contributed by atoms with Crippen molar-refractivity contribution in [1.82, 2.24) is 4.98 Å². The van der Waals surface area contributed by atoms with Crippen molar-refractivity contribution in [1.29, 1.82) is 0 Å². The molecule has 8 heteroatoms. The van der Waals surface area contributed by atoms with Crippen LogP contribution in [0.5, 0.6) is 0 Å². The molecule has 2 amide bonds. The lowest BCUT2D eigenvalue weighted by atomic mass is 10.2. The van der Waals surface area contributed by atoms with Crippen LogP contribution in [0.15, 0.2) is 23.6 Å². The van der Waals surface area contributed by atoms with E-state index in [1.165, 1.54) is 17.4 Å². The van der Waals surface area contributed by atoms with E-state index < -0.39 is 11.6 Å². The summed E-state index contributed by atoms with van der Waals surface area (Å²) >= 11 is 1.31. The first kappa shape index (κ1) is 15.5. The van der Waals surface area contributed by atoms with E-state index in [-0.39, 0.29) is 23.9 Å². The van der Waals surface area contributed by atoms with Crippen molar-refractivity contribution in [3.8, 4) is 0 Å². The first-order chi connectivity index (χ1) is 11.0. The molecule has 1 saturated heterocycles. The van der Waals surface area contributed by atoms with Gasteiger partial charge >= 0.3 is 0 Å². The zero-order chi connectivity index (χ0) is 16.4. The standard InChI is InChI=1S/C15H13F2N3O2S/c16-11-4-3-9(6-12(11)17)18-13(21)7-10-8-23-15(19-10)20-5-1-2-14(20)22/h3-4,6,8H,1-2,5,7H2,(H,18,21). The molecule has 1 aliphatic heterocycles. The normalized spacial score (nSPS) is 14.3. The number of halogens is 2. The van der Waals surface area contributed by atoms with Crippen LogP contribution in [0.1, 0.15) is 18.5 Å². The zero-order valence-corrected chi connectivity index (χ0v) is 12.8. The van der Waals surface area contributed by atoms with Crippen molar-refractivity contribution in [3.05, 3.63) is 40.9 Å². The van der Waals surface area contributed by atoms with Gasteiger partial charge < -0.3 is 5.32 Å². The Morgan fingerprint density at radius 1 is 1.35 bits per heavy atom. The Labute approximate surface area is 134 Å². The smallest absolute Gasteiger partial charge is 0.230 e. The number of nitrogens with one attached hydrogen (secondary N) is 1. The second-order valence-corrected chi connectivity index (χ2v) is 5.96. The van der Waals surface area contributed by atoms with E-state index in [0.29, 0.717) is 23.8 Å². The van der Waals surface area contributed by atoms with Gasteiger partial charge in [0.2, 0.25) is 11.8 Å². The van der Waals surface area contributed by atoms with E-state index >= 15 is 0 Å². The SMILES string of the molecule is O=C(Cc1csc(N2CCCC2=O)n1)Nc1ccc(F)c(F)c1. The van der Waals surface area contributed by atoms with Gasteiger partial charge in [0, 0.05) is 30.1 Å². The van der Waals surface area contributed by atoms with Gasteiger partial charge in [-0.2, -0.15) is 0 Å². The predicted octanol–water partition coefficient (Wildman–Crippen LogP) is 2.73. The highest BCUT2D eigenvalue weighted by molar-refractivity contribution is 7.14. The zero-order valence-electron chi connectivity index (χ0n) is 12.0. The largest absolute Gasteiger partial charge is 0.326 e. The molecule has 120 valence electrons. The molecule has 0 aliphatic carbocycles. The fraction of sp³-hybridized carbons (Fsp3) is 0.267. The number of rotatable bonds is 4. The topological polar surface area (TPSA) is 62.3 Å². The van der Waals surface area contributed by atoms with Crippen molar-refractivity contribution in [2.45, 2.75) is 19.3 Å². The number of amides is 2. The molecule has 5 nitrogen and oxygen atoms in total. The number of aromatic nitrogens is 1. The lowest BCUT2D eigenvalue weighted by Gasteiger charge is -2.10. The summed E-state index contributed by atoms with van der Waals surface area (Å²) in [5.41, 5.74) is 0.712. The molecule has 0 bridgehead atoms. The molecule has 2 heterocycles. The van der Waals surface area contributed by atoms with Crippen LogP contribution >= 0.6 is 11.3 Å². The molecule has 3 rings (SSSR count). The van der Waals surface area contributed by atoms with Crippen LogP contribution < -0.4 is 10.2 Å². The number of thiazole rings is 1. The average molecular weight is 337 g/mol.